The molecule has 0 aromatic carbocycles. The highest BCUT2D eigenvalue weighted by Crippen LogP contribution is 2.68. The summed E-state index contributed by atoms with van der Waals surface area (Å²) in [6.07, 6.45) is 18.3. The number of methoxy groups -OCH3 is 1. The van der Waals surface area contributed by atoms with Crippen molar-refractivity contribution in [2.75, 3.05) is 7.11 Å². The largest absolute Gasteiger partial charge is 0.390 e. The van der Waals surface area contributed by atoms with Crippen LogP contribution in [0.5, 0.6) is 0 Å². The number of rotatable bonds is 6. The number of fused-ring (bicyclic) bond motifs is 5. The molecule has 1 N–H and O–H groups in total. The van der Waals surface area contributed by atoms with Crippen molar-refractivity contribution >= 4 is 0 Å². The van der Waals surface area contributed by atoms with Crippen molar-refractivity contribution in [1.82, 2.24) is 0 Å². The van der Waals surface area contributed by atoms with Crippen LogP contribution in [-0.4, -0.2) is 23.9 Å². The first-order chi connectivity index (χ1) is 15.7. The number of unbranched alkanes of at least 4 members (excludes halogenated alkanes) is 1. The summed E-state index contributed by atoms with van der Waals surface area (Å²) >= 11 is 0. The van der Waals surface area contributed by atoms with Crippen LogP contribution < -0.4 is 0 Å². The third kappa shape index (κ3) is 6.19. The Balaban J connectivity index is 0.000000914. The molecular formula is C31H60O2. The molecule has 8 atom stereocenters. The van der Waals surface area contributed by atoms with Crippen molar-refractivity contribution in [2.24, 2.45) is 40.4 Å². The zero-order valence-electron chi connectivity index (χ0n) is 24.0. The monoisotopic (exact) mass is 464 g/mol. The molecule has 0 radical (unpaired) electrons. The van der Waals surface area contributed by atoms with Crippen LogP contribution in [0.1, 0.15) is 139 Å². The molecule has 0 bridgehead atoms. The van der Waals surface area contributed by atoms with E-state index in [2.05, 4.69) is 13.8 Å². The fourth-order valence-corrected chi connectivity index (χ4v) is 8.96. The molecule has 33 heavy (non-hydrogen) atoms. The van der Waals surface area contributed by atoms with Crippen molar-refractivity contribution in [1.29, 1.82) is 0 Å². The van der Waals surface area contributed by atoms with Crippen molar-refractivity contribution in [3.63, 3.8) is 0 Å². The molecule has 8 unspecified atom stereocenters. The summed E-state index contributed by atoms with van der Waals surface area (Å²) in [5.74, 6) is 4.80. The molecule has 4 aliphatic carbocycles. The molecule has 2 nitrogen and oxygen atoms in total. The Morgan fingerprint density at radius 2 is 1.45 bits per heavy atom. The second-order valence-corrected chi connectivity index (χ2v) is 12.7. The van der Waals surface area contributed by atoms with Crippen LogP contribution in [-0.2, 0) is 4.74 Å². The van der Waals surface area contributed by atoms with E-state index in [0.29, 0.717) is 16.9 Å². The standard InChI is InChI=1S/C27H48O2.2C2H6/c1-25(2,28)15-7-6-8-19-10-12-23-22-11-9-20-18-21(29-5)13-16-27(20,4)24(22)14-17-26(19,23)3;2*1-2/h19-24,28H,6-18H2,1-5H3;2*1-2H3. The van der Waals surface area contributed by atoms with Crippen LogP contribution in [0.15, 0.2) is 0 Å². The Kier molecular flexibility index (Phi) is 10.8. The third-order valence-corrected chi connectivity index (χ3v) is 10.7. The molecule has 0 aromatic rings. The number of aliphatic hydroxyl groups is 1. The summed E-state index contributed by atoms with van der Waals surface area (Å²) in [6, 6.07) is 0. The molecule has 0 heterocycles. The molecule has 0 aromatic heterocycles. The van der Waals surface area contributed by atoms with E-state index in [0.717, 1.165) is 36.0 Å². The van der Waals surface area contributed by atoms with E-state index in [4.69, 9.17) is 4.74 Å². The van der Waals surface area contributed by atoms with Gasteiger partial charge in [0.2, 0.25) is 0 Å². The third-order valence-electron chi connectivity index (χ3n) is 10.7. The fourth-order valence-electron chi connectivity index (χ4n) is 8.96. The van der Waals surface area contributed by atoms with Gasteiger partial charge in [-0.25, -0.2) is 0 Å². The van der Waals surface area contributed by atoms with Gasteiger partial charge in [0.15, 0.2) is 0 Å². The number of ether oxygens (including phenoxy) is 1. The molecule has 2 heteroatoms. The van der Waals surface area contributed by atoms with Crippen molar-refractivity contribution in [2.45, 2.75) is 151 Å². The Labute approximate surface area is 208 Å². The molecule has 0 spiro atoms. The Morgan fingerprint density at radius 3 is 2.09 bits per heavy atom. The maximum atomic E-state index is 10.0. The molecule has 4 aliphatic rings. The highest BCUT2D eigenvalue weighted by molar-refractivity contribution is 5.09. The van der Waals surface area contributed by atoms with Crippen LogP contribution in [0.4, 0.5) is 0 Å². The molecular weight excluding hydrogens is 404 g/mol. The molecule has 0 amide bonds. The van der Waals surface area contributed by atoms with Gasteiger partial charge in [-0.05, 0) is 125 Å². The SMILES string of the molecule is CC.CC.COC1CCC2(C)C(CCC3C4CCC(CCCCC(C)(C)O)C4(C)CCC32)C1. The Bertz CT molecular complexity index is 566. The smallest absolute Gasteiger partial charge is 0.0591 e. The highest BCUT2D eigenvalue weighted by atomic mass is 16.5. The fraction of sp³-hybridized carbons (Fsp3) is 1.00. The van der Waals surface area contributed by atoms with Crippen molar-refractivity contribution in [3.05, 3.63) is 0 Å². The summed E-state index contributed by atoms with van der Waals surface area (Å²) < 4.78 is 5.77. The first-order valence-electron chi connectivity index (χ1n) is 14.9. The quantitative estimate of drug-likeness (QED) is 0.397. The van der Waals surface area contributed by atoms with Gasteiger partial charge in [0.05, 0.1) is 11.7 Å². The van der Waals surface area contributed by atoms with Crippen LogP contribution >= 0.6 is 0 Å². The lowest BCUT2D eigenvalue weighted by Crippen LogP contribution is -2.54. The van der Waals surface area contributed by atoms with Gasteiger partial charge in [0.25, 0.3) is 0 Å². The topological polar surface area (TPSA) is 29.5 Å². The maximum Gasteiger partial charge on any atom is 0.0591 e. The summed E-state index contributed by atoms with van der Waals surface area (Å²) in [7, 11) is 1.92. The van der Waals surface area contributed by atoms with Crippen molar-refractivity contribution < 1.29 is 9.84 Å². The lowest BCUT2D eigenvalue weighted by molar-refractivity contribution is -0.130. The second kappa shape index (κ2) is 12.2. The van der Waals surface area contributed by atoms with Gasteiger partial charge in [-0.15, -0.1) is 0 Å². The molecule has 0 saturated heterocycles. The first kappa shape index (κ1) is 29.2. The minimum absolute atomic E-state index is 0.490. The van der Waals surface area contributed by atoms with Gasteiger partial charge in [-0.3, -0.25) is 0 Å². The van der Waals surface area contributed by atoms with E-state index < -0.39 is 5.60 Å². The van der Waals surface area contributed by atoms with E-state index >= 15 is 0 Å². The minimum atomic E-state index is -0.490. The molecule has 0 aliphatic heterocycles. The molecule has 4 saturated carbocycles. The molecule has 4 rings (SSSR count). The zero-order chi connectivity index (χ0) is 24.9. The van der Waals surface area contributed by atoms with Gasteiger partial charge >= 0.3 is 0 Å². The van der Waals surface area contributed by atoms with Gasteiger partial charge in [-0.2, -0.15) is 0 Å². The van der Waals surface area contributed by atoms with Crippen LogP contribution in [0.3, 0.4) is 0 Å². The van der Waals surface area contributed by atoms with E-state index in [9.17, 15) is 5.11 Å². The van der Waals surface area contributed by atoms with Crippen LogP contribution in [0.2, 0.25) is 0 Å². The van der Waals surface area contributed by atoms with Crippen LogP contribution in [0, 0.1) is 40.4 Å². The normalized spacial score (nSPS) is 42.0. The second-order valence-electron chi connectivity index (χ2n) is 12.7. The highest BCUT2D eigenvalue weighted by Gasteiger charge is 2.59. The lowest BCUT2D eigenvalue weighted by atomic mass is 9.44. The van der Waals surface area contributed by atoms with Crippen LogP contribution in [0.25, 0.3) is 0 Å². The minimum Gasteiger partial charge on any atom is -0.390 e. The van der Waals surface area contributed by atoms with Gasteiger partial charge in [0, 0.05) is 7.11 Å². The Hall–Kier alpha value is -0.0800. The van der Waals surface area contributed by atoms with Crippen molar-refractivity contribution in [3.8, 4) is 0 Å². The maximum absolute atomic E-state index is 10.0. The first-order valence-corrected chi connectivity index (χ1v) is 14.9. The number of hydrogen-bond acceptors (Lipinski definition) is 2. The lowest BCUT2D eigenvalue weighted by Gasteiger charge is -2.61. The predicted octanol–water partition coefficient (Wildman–Crippen LogP) is 9.04. The number of hydrogen-bond donors (Lipinski definition) is 1. The average Bonchev–Trinajstić information content (AvgIpc) is 3.14. The van der Waals surface area contributed by atoms with Gasteiger partial charge in [-0.1, -0.05) is 54.4 Å². The van der Waals surface area contributed by atoms with Gasteiger partial charge in [0.1, 0.15) is 0 Å². The van der Waals surface area contributed by atoms with E-state index in [1.54, 1.807) is 0 Å². The van der Waals surface area contributed by atoms with E-state index in [1.807, 2.05) is 48.7 Å². The summed E-state index contributed by atoms with van der Waals surface area (Å²) in [6.45, 7) is 17.3. The summed E-state index contributed by atoms with van der Waals surface area (Å²) in [5.41, 5.74) is 0.697. The van der Waals surface area contributed by atoms with Gasteiger partial charge < -0.3 is 9.84 Å². The van der Waals surface area contributed by atoms with E-state index in [1.165, 1.54) is 77.0 Å². The summed E-state index contributed by atoms with van der Waals surface area (Å²) in [5, 5.41) is 10.0. The molecule has 196 valence electrons. The Morgan fingerprint density at radius 1 is 0.818 bits per heavy atom. The van der Waals surface area contributed by atoms with E-state index in [-0.39, 0.29) is 0 Å². The zero-order valence-corrected chi connectivity index (χ0v) is 24.0. The predicted molar refractivity (Wildman–Crippen MR) is 143 cm³/mol. The molecule has 4 fully saturated rings. The average molecular weight is 465 g/mol. The summed E-state index contributed by atoms with van der Waals surface area (Å²) in [4.78, 5) is 0.